The molecule has 0 aromatic heterocycles. The number of benzene rings is 1. The highest BCUT2D eigenvalue weighted by atomic mass is 16.5. The minimum absolute atomic E-state index is 0.0621. The van der Waals surface area contributed by atoms with Gasteiger partial charge < -0.3 is 10.1 Å². The molecule has 86 valence electrons. The van der Waals surface area contributed by atoms with E-state index < -0.39 is 0 Å². The van der Waals surface area contributed by atoms with Crippen LogP contribution in [-0.4, -0.2) is 19.4 Å². The van der Waals surface area contributed by atoms with E-state index in [1.54, 1.807) is 20.1 Å². The molecule has 3 heteroatoms. The summed E-state index contributed by atoms with van der Waals surface area (Å²) in [6.45, 7) is 2.56. The average molecular weight is 219 g/mol. The van der Waals surface area contributed by atoms with Gasteiger partial charge in [0.15, 0.2) is 5.78 Å². The molecule has 1 aromatic rings. The Hall–Kier alpha value is -1.51. The summed E-state index contributed by atoms with van der Waals surface area (Å²) in [5.41, 5.74) is 1.66. The maximum absolute atomic E-state index is 11.2. The number of ether oxygens (including phenoxy) is 1. The van der Waals surface area contributed by atoms with E-state index in [1.165, 1.54) is 12.8 Å². The molecular weight excluding hydrogens is 202 g/mol. The lowest BCUT2D eigenvalue weighted by Gasteiger charge is -2.11. The van der Waals surface area contributed by atoms with Crippen molar-refractivity contribution in [3.63, 3.8) is 0 Å². The van der Waals surface area contributed by atoms with Crippen LogP contribution in [0, 0.1) is 5.92 Å². The number of anilines is 1. The highest BCUT2D eigenvalue weighted by molar-refractivity contribution is 5.95. The van der Waals surface area contributed by atoms with Crippen LogP contribution >= 0.6 is 0 Å². The van der Waals surface area contributed by atoms with Crippen molar-refractivity contribution in [3.8, 4) is 5.75 Å². The Labute approximate surface area is 95.8 Å². The van der Waals surface area contributed by atoms with Crippen LogP contribution in [0.25, 0.3) is 0 Å². The molecule has 1 fully saturated rings. The summed E-state index contributed by atoms with van der Waals surface area (Å²) in [5, 5.41) is 3.36. The Balaban J connectivity index is 2.12. The lowest BCUT2D eigenvalue weighted by atomic mass is 10.1. The monoisotopic (exact) mass is 219 g/mol. The van der Waals surface area contributed by atoms with E-state index in [0.717, 1.165) is 23.9 Å². The molecule has 1 aromatic carbocycles. The topological polar surface area (TPSA) is 38.3 Å². The molecule has 0 bridgehead atoms. The van der Waals surface area contributed by atoms with Crippen molar-refractivity contribution in [1.82, 2.24) is 0 Å². The number of hydrogen-bond donors (Lipinski definition) is 1. The summed E-state index contributed by atoms with van der Waals surface area (Å²) in [4.78, 5) is 11.2. The average Bonchev–Trinajstić information content (AvgIpc) is 3.09. The maximum Gasteiger partial charge on any atom is 0.159 e. The van der Waals surface area contributed by atoms with Gasteiger partial charge in [0, 0.05) is 12.1 Å². The number of rotatable bonds is 5. The minimum Gasteiger partial charge on any atom is -0.495 e. The molecule has 0 saturated heterocycles. The Morgan fingerprint density at radius 1 is 1.50 bits per heavy atom. The fourth-order valence-corrected chi connectivity index (χ4v) is 1.63. The smallest absolute Gasteiger partial charge is 0.159 e. The van der Waals surface area contributed by atoms with Gasteiger partial charge in [0.2, 0.25) is 0 Å². The molecule has 0 radical (unpaired) electrons. The first kappa shape index (κ1) is 11.0. The van der Waals surface area contributed by atoms with Crippen LogP contribution in [0.15, 0.2) is 18.2 Å². The Bertz CT molecular complexity index is 397. The number of carbonyl (C=O) groups is 1. The van der Waals surface area contributed by atoms with Crippen LogP contribution in [0.5, 0.6) is 5.75 Å². The molecule has 0 amide bonds. The molecule has 0 spiro atoms. The Morgan fingerprint density at radius 3 is 2.81 bits per heavy atom. The van der Waals surface area contributed by atoms with Gasteiger partial charge in [0.25, 0.3) is 0 Å². The second-order valence-electron chi connectivity index (χ2n) is 4.30. The zero-order valence-electron chi connectivity index (χ0n) is 9.75. The summed E-state index contributed by atoms with van der Waals surface area (Å²) in [7, 11) is 1.63. The predicted octanol–water partition coefficient (Wildman–Crippen LogP) is 2.72. The van der Waals surface area contributed by atoms with Gasteiger partial charge in [-0.2, -0.15) is 0 Å². The highest BCUT2D eigenvalue weighted by Gasteiger charge is 2.21. The van der Waals surface area contributed by atoms with Crippen LogP contribution < -0.4 is 10.1 Å². The van der Waals surface area contributed by atoms with Crippen molar-refractivity contribution in [2.24, 2.45) is 5.92 Å². The third-order valence-electron chi connectivity index (χ3n) is 2.89. The van der Waals surface area contributed by atoms with Gasteiger partial charge in [-0.3, -0.25) is 4.79 Å². The number of Topliss-reactive ketones (excluding diaryl/α,β-unsaturated/α-hetero) is 1. The summed E-state index contributed by atoms with van der Waals surface area (Å²) >= 11 is 0. The molecule has 0 aliphatic heterocycles. The molecule has 3 nitrogen and oxygen atoms in total. The van der Waals surface area contributed by atoms with E-state index in [9.17, 15) is 4.79 Å². The first-order chi connectivity index (χ1) is 7.70. The van der Waals surface area contributed by atoms with Crippen molar-refractivity contribution in [1.29, 1.82) is 0 Å². The van der Waals surface area contributed by atoms with E-state index >= 15 is 0 Å². The van der Waals surface area contributed by atoms with Crippen molar-refractivity contribution in [3.05, 3.63) is 23.8 Å². The van der Waals surface area contributed by atoms with Gasteiger partial charge in [-0.25, -0.2) is 0 Å². The van der Waals surface area contributed by atoms with Crippen molar-refractivity contribution >= 4 is 11.5 Å². The first-order valence-electron chi connectivity index (χ1n) is 5.63. The van der Waals surface area contributed by atoms with Crippen molar-refractivity contribution < 1.29 is 9.53 Å². The molecular formula is C13H17NO2. The van der Waals surface area contributed by atoms with Crippen LogP contribution in [0.4, 0.5) is 5.69 Å². The minimum atomic E-state index is 0.0621. The van der Waals surface area contributed by atoms with Gasteiger partial charge in [0.1, 0.15) is 5.75 Å². The largest absolute Gasteiger partial charge is 0.495 e. The van der Waals surface area contributed by atoms with Crippen LogP contribution in [0.2, 0.25) is 0 Å². The normalized spacial score (nSPS) is 14.6. The lowest BCUT2D eigenvalue weighted by molar-refractivity contribution is 0.101. The third kappa shape index (κ3) is 2.54. The molecule has 0 unspecified atom stereocenters. The van der Waals surface area contributed by atoms with Gasteiger partial charge in [-0.05, 0) is 43.9 Å². The molecule has 1 aliphatic carbocycles. The molecule has 0 heterocycles. The zero-order chi connectivity index (χ0) is 11.5. The molecule has 1 aliphatic rings. The summed E-state index contributed by atoms with van der Waals surface area (Å²) in [5.74, 6) is 1.62. The standard InChI is InChI=1S/C13H17NO2/c1-9(15)11-5-6-12(13(7-11)16-2)14-8-10-3-4-10/h5-7,10,14H,3-4,8H2,1-2H3. The molecule has 16 heavy (non-hydrogen) atoms. The van der Waals surface area contributed by atoms with Crippen LogP contribution in [-0.2, 0) is 0 Å². The predicted molar refractivity (Wildman–Crippen MR) is 64.2 cm³/mol. The Morgan fingerprint density at radius 2 is 2.25 bits per heavy atom. The molecule has 2 rings (SSSR count). The second kappa shape index (κ2) is 4.56. The number of nitrogens with one attached hydrogen (secondary N) is 1. The number of carbonyl (C=O) groups excluding carboxylic acids is 1. The van der Waals surface area contributed by atoms with E-state index in [0.29, 0.717) is 5.56 Å². The quantitative estimate of drug-likeness (QED) is 0.774. The summed E-state index contributed by atoms with van der Waals surface area (Å²) in [6.07, 6.45) is 2.64. The second-order valence-corrected chi connectivity index (χ2v) is 4.30. The highest BCUT2D eigenvalue weighted by Crippen LogP contribution is 2.31. The van der Waals surface area contributed by atoms with Crippen molar-refractivity contribution in [2.75, 3.05) is 19.0 Å². The van der Waals surface area contributed by atoms with Gasteiger partial charge in [0.05, 0.1) is 12.8 Å². The maximum atomic E-state index is 11.2. The SMILES string of the molecule is COc1cc(C(C)=O)ccc1NCC1CC1. The van der Waals surface area contributed by atoms with Crippen molar-refractivity contribution in [2.45, 2.75) is 19.8 Å². The fraction of sp³-hybridized carbons (Fsp3) is 0.462. The van der Waals surface area contributed by atoms with E-state index in [-0.39, 0.29) is 5.78 Å². The van der Waals surface area contributed by atoms with E-state index in [1.807, 2.05) is 12.1 Å². The van der Waals surface area contributed by atoms with E-state index in [2.05, 4.69) is 5.32 Å². The van der Waals surface area contributed by atoms with E-state index in [4.69, 9.17) is 4.74 Å². The van der Waals surface area contributed by atoms with Crippen LogP contribution in [0.1, 0.15) is 30.1 Å². The molecule has 1 N–H and O–H groups in total. The third-order valence-corrected chi connectivity index (χ3v) is 2.89. The first-order valence-corrected chi connectivity index (χ1v) is 5.63. The lowest BCUT2D eigenvalue weighted by Crippen LogP contribution is -2.05. The Kier molecular flexibility index (Phi) is 3.13. The molecule has 1 saturated carbocycles. The number of methoxy groups -OCH3 is 1. The number of ketones is 1. The van der Waals surface area contributed by atoms with Gasteiger partial charge in [-0.15, -0.1) is 0 Å². The van der Waals surface area contributed by atoms with Gasteiger partial charge >= 0.3 is 0 Å². The van der Waals surface area contributed by atoms with Crippen LogP contribution in [0.3, 0.4) is 0 Å². The zero-order valence-corrected chi connectivity index (χ0v) is 9.75. The number of hydrogen-bond acceptors (Lipinski definition) is 3. The fourth-order valence-electron chi connectivity index (χ4n) is 1.63. The summed E-state index contributed by atoms with van der Waals surface area (Å²) in [6, 6.07) is 5.54. The summed E-state index contributed by atoms with van der Waals surface area (Å²) < 4.78 is 5.27. The molecule has 0 atom stereocenters. The van der Waals surface area contributed by atoms with Gasteiger partial charge in [-0.1, -0.05) is 0 Å².